The Morgan fingerprint density at radius 2 is 1.68 bits per heavy atom. The molecule has 8 heteroatoms. The van der Waals surface area contributed by atoms with Gasteiger partial charge in [0.1, 0.15) is 5.69 Å². The number of nitrogens with zero attached hydrogens (tertiary/aromatic N) is 5. The summed E-state index contributed by atoms with van der Waals surface area (Å²) in [6.07, 6.45) is 2.48. The standard InChI is InChI=1S/C26H23N7O/c1-18-25(34)28-26(31-29-18)30-27-17-19-12-14-22(15-13-19)33-24(21-10-6-3-7-11-21)16-23(32-33)20-8-4-2-5-9-20/h2-15,17,24H,16H2,1H3,(H2,28,30,31,34). The van der Waals surface area contributed by atoms with Crippen LogP contribution >= 0.6 is 0 Å². The van der Waals surface area contributed by atoms with Gasteiger partial charge in [-0.1, -0.05) is 72.8 Å². The minimum absolute atomic E-state index is 0.120. The maximum absolute atomic E-state index is 11.6. The van der Waals surface area contributed by atoms with Gasteiger partial charge >= 0.3 is 0 Å². The highest BCUT2D eigenvalue weighted by molar-refractivity contribution is 6.03. The lowest BCUT2D eigenvalue weighted by atomic mass is 9.98. The van der Waals surface area contributed by atoms with Gasteiger partial charge in [-0.2, -0.15) is 10.2 Å². The van der Waals surface area contributed by atoms with Gasteiger partial charge in [0.2, 0.25) is 5.95 Å². The summed E-state index contributed by atoms with van der Waals surface area (Å²) in [5, 5.41) is 18.8. The minimum atomic E-state index is -0.300. The van der Waals surface area contributed by atoms with E-state index >= 15 is 0 Å². The molecule has 5 rings (SSSR count). The molecule has 1 aromatic heterocycles. The molecule has 0 saturated heterocycles. The van der Waals surface area contributed by atoms with Gasteiger partial charge in [-0.3, -0.25) is 14.8 Å². The van der Waals surface area contributed by atoms with Gasteiger partial charge < -0.3 is 0 Å². The van der Waals surface area contributed by atoms with Crippen molar-refractivity contribution in [3.05, 3.63) is 118 Å². The number of anilines is 2. The molecular weight excluding hydrogens is 426 g/mol. The van der Waals surface area contributed by atoms with E-state index in [0.717, 1.165) is 28.9 Å². The molecule has 168 valence electrons. The highest BCUT2D eigenvalue weighted by Gasteiger charge is 2.29. The van der Waals surface area contributed by atoms with Crippen LogP contribution in [0.5, 0.6) is 0 Å². The van der Waals surface area contributed by atoms with E-state index in [1.807, 2.05) is 48.5 Å². The number of nitrogens with one attached hydrogen (secondary N) is 2. The van der Waals surface area contributed by atoms with Crippen molar-refractivity contribution >= 4 is 23.6 Å². The van der Waals surface area contributed by atoms with E-state index in [1.165, 1.54) is 5.56 Å². The molecular formula is C26H23N7O. The Labute approximate surface area is 196 Å². The van der Waals surface area contributed by atoms with Crippen LogP contribution in [0.3, 0.4) is 0 Å². The van der Waals surface area contributed by atoms with E-state index in [2.05, 4.69) is 67.1 Å². The fraction of sp³-hybridized carbons (Fsp3) is 0.115. The highest BCUT2D eigenvalue weighted by Crippen LogP contribution is 2.36. The van der Waals surface area contributed by atoms with Gasteiger partial charge in [-0.15, -0.1) is 10.2 Å². The smallest absolute Gasteiger partial charge is 0.274 e. The number of hydrogen-bond acceptors (Lipinski definition) is 7. The van der Waals surface area contributed by atoms with Crippen LogP contribution in [0.1, 0.15) is 34.8 Å². The zero-order valence-electron chi connectivity index (χ0n) is 18.6. The van der Waals surface area contributed by atoms with Crippen molar-refractivity contribution in [2.75, 3.05) is 10.4 Å². The Morgan fingerprint density at radius 3 is 2.38 bits per heavy atom. The number of aryl methyl sites for hydroxylation is 1. The van der Waals surface area contributed by atoms with Gasteiger partial charge in [0.15, 0.2) is 0 Å². The normalized spacial score (nSPS) is 15.5. The maximum Gasteiger partial charge on any atom is 0.274 e. The van der Waals surface area contributed by atoms with E-state index in [4.69, 9.17) is 5.10 Å². The largest absolute Gasteiger partial charge is 0.288 e. The second-order valence-electron chi connectivity index (χ2n) is 7.94. The molecule has 1 atom stereocenters. The van der Waals surface area contributed by atoms with Crippen LogP contribution in [0.4, 0.5) is 11.6 Å². The van der Waals surface area contributed by atoms with Crippen molar-refractivity contribution in [3.8, 4) is 0 Å². The molecule has 4 aromatic rings. The number of benzene rings is 3. The van der Waals surface area contributed by atoms with Crippen molar-refractivity contribution in [1.82, 2.24) is 15.2 Å². The van der Waals surface area contributed by atoms with Crippen LogP contribution in [0.15, 0.2) is 99.9 Å². The molecule has 0 saturated carbocycles. The lowest BCUT2D eigenvalue weighted by molar-refractivity contribution is 0.709. The van der Waals surface area contributed by atoms with Gasteiger partial charge in [0, 0.05) is 6.42 Å². The van der Waals surface area contributed by atoms with Crippen molar-refractivity contribution in [2.45, 2.75) is 19.4 Å². The number of aromatic amines is 1. The molecule has 1 aliphatic heterocycles. The first kappa shape index (κ1) is 21.3. The van der Waals surface area contributed by atoms with Gasteiger partial charge in [-0.05, 0) is 35.7 Å². The average molecular weight is 450 g/mol. The van der Waals surface area contributed by atoms with E-state index in [0.29, 0.717) is 5.69 Å². The Morgan fingerprint density at radius 1 is 0.971 bits per heavy atom. The summed E-state index contributed by atoms with van der Waals surface area (Å²) in [4.78, 5) is 14.2. The quantitative estimate of drug-likeness (QED) is 0.338. The lowest BCUT2D eigenvalue weighted by Gasteiger charge is -2.24. The molecule has 2 heterocycles. The van der Waals surface area contributed by atoms with Crippen molar-refractivity contribution in [1.29, 1.82) is 0 Å². The molecule has 0 bridgehead atoms. The molecule has 0 spiro atoms. The summed E-state index contributed by atoms with van der Waals surface area (Å²) in [6, 6.07) is 28.9. The second-order valence-corrected chi connectivity index (χ2v) is 7.94. The monoisotopic (exact) mass is 449 g/mol. The highest BCUT2D eigenvalue weighted by atomic mass is 16.1. The zero-order valence-corrected chi connectivity index (χ0v) is 18.6. The van der Waals surface area contributed by atoms with Crippen molar-refractivity contribution in [2.24, 2.45) is 10.2 Å². The number of H-pyrrole nitrogens is 1. The first-order chi connectivity index (χ1) is 16.7. The molecule has 2 N–H and O–H groups in total. The summed E-state index contributed by atoms with van der Waals surface area (Å²) in [5.41, 5.74) is 8.01. The van der Waals surface area contributed by atoms with E-state index in [-0.39, 0.29) is 17.5 Å². The van der Waals surface area contributed by atoms with E-state index in [9.17, 15) is 4.79 Å². The first-order valence-corrected chi connectivity index (χ1v) is 11.0. The molecule has 1 aliphatic rings. The third-order valence-corrected chi connectivity index (χ3v) is 5.60. The van der Waals surface area contributed by atoms with Crippen LogP contribution in [0.2, 0.25) is 0 Å². The number of hydrazone groups is 2. The SMILES string of the molecule is Cc1nnc(NN=Cc2ccc(N3N=C(c4ccccc4)CC3c3ccccc3)cc2)[nH]c1=O. The summed E-state index contributed by atoms with van der Waals surface area (Å²) in [7, 11) is 0. The Bertz CT molecular complexity index is 1380. The zero-order chi connectivity index (χ0) is 23.3. The molecule has 1 unspecified atom stereocenters. The lowest BCUT2D eigenvalue weighted by Crippen LogP contribution is -2.18. The number of hydrogen-bond donors (Lipinski definition) is 2. The number of aromatic nitrogens is 3. The van der Waals surface area contributed by atoms with Gasteiger partial charge in [0.25, 0.3) is 5.56 Å². The first-order valence-electron chi connectivity index (χ1n) is 11.0. The van der Waals surface area contributed by atoms with Crippen molar-refractivity contribution in [3.63, 3.8) is 0 Å². The van der Waals surface area contributed by atoms with Gasteiger partial charge in [0.05, 0.1) is 23.7 Å². The summed E-state index contributed by atoms with van der Waals surface area (Å²) in [6.45, 7) is 1.59. The van der Waals surface area contributed by atoms with E-state index < -0.39 is 0 Å². The topological polar surface area (TPSA) is 98.6 Å². The van der Waals surface area contributed by atoms with E-state index in [1.54, 1.807) is 13.1 Å². The third kappa shape index (κ3) is 4.61. The summed E-state index contributed by atoms with van der Waals surface area (Å²) < 4.78 is 0. The molecule has 0 radical (unpaired) electrons. The fourth-order valence-corrected chi connectivity index (χ4v) is 3.81. The molecule has 8 nitrogen and oxygen atoms in total. The van der Waals surface area contributed by atoms with Crippen LogP contribution in [-0.2, 0) is 0 Å². The third-order valence-electron chi connectivity index (χ3n) is 5.60. The Hall–Kier alpha value is -4.59. The number of rotatable bonds is 6. The molecule has 0 aliphatic carbocycles. The van der Waals surface area contributed by atoms with Crippen LogP contribution in [0.25, 0.3) is 0 Å². The fourth-order valence-electron chi connectivity index (χ4n) is 3.81. The Kier molecular flexibility index (Phi) is 5.94. The van der Waals surface area contributed by atoms with Crippen LogP contribution < -0.4 is 16.0 Å². The molecule has 0 amide bonds. The minimum Gasteiger partial charge on any atom is -0.288 e. The second kappa shape index (κ2) is 9.50. The predicted octanol–water partition coefficient (Wildman–Crippen LogP) is 4.28. The maximum atomic E-state index is 11.6. The van der Waals surface area contributed by atoms with Crippen molar-refractivity contribution < 1.29 is 0 Å². The molecule has 3 aromatic carbocycles. The van der Waals surface area contributed by atoms with Crippen LogP contribution in [0, 0.1) is 6.92 Å². The summed E-state index contributed by atoms with van der Waals surface area (Å²) in [5.74, 6) is 0.189. The predicted molar refractivity (Wildman–Crippen MR) is 134 cm³/mol. The summed E-state index contributed by atoms with van der Waals surface area (Å²) >= 11 is 0. The van der Waals surface area contributed by atoms with Crippen LogP contribution in [-0.4, -0.2) is 27.1 Å². The average Bonchev–Trinajstić information content (AvgIpc) is 3.33. The molecule has 0 fully saturated rings. The molecule has 34 heavy (non-hydrogen) atoms. The van der Waals surface area contributed by atoms with Gasteiger partial charge in [-0.25, -0.2) is 5.43 Å². The Balaban J connectivity index is 1.36.